The number of rotatable bonds is 2. The van der Waals surface area contributed by atoms with Crippen LogP contribution in [0.1, 0.15) is 26.5 Å². The Hall–Kier alpha value is -1.36. The van der Waals surface area contributed by atoms with Crippen LogP contribution in [-0.2, 0) is 5.41 Å². The van der Waals surface area contributed by atoms with Crippen molar-refractivity contribution >= 4 is 21.7 Å². The first-order valence-corrected chi connectivity index (χ1v) is 6.51. The molecule has 0 aliphatic rings. The Bertz CT molecular complexity index is 544. The fourth-order valence-electron chi connectivity index (χ4n) is 1.63. The molecular formula is C13H16BrN3O. The predicted octanol–water partition coefficient (Wildman–Crippen LogP) is 3.84. The van der Waals surface area contributed by atoms with E-state index in [-0.39, 0.29) is 5.41 Å². The molecule has 0 unspecified atom stereocenters. The molecule has 4 nitrogen and oxygen atoms in total. The third-order valence-corrected chi connectivity index (χ3v) is 3.33. The summed E-state index contributed by atoms with van der Waals surface area (Å²) in [4.78, 5) is 9.11. The van der Waals surface area contributed by atoms with Crippen LogP contribution in [0.15, 0.2) is 27.5 Å². The zero-order chi connectivity index (χ0) is 13.3. The fraction of sp³-hybridized carbons (Fsp3) is 0.385. The van der Waals surface area contributed by atoms with Gasteiger partial charge in [0.05, 0.1) is 22.0 Å². The molecule has 2 heterocycles. The lowest BCUT2D eigenvalue weighted by molar-refractivity contribution is 0.562. The third kappa shape index (κ3) is 2.41. The molecule has 0 bridgehead atoms. The van der Waals surface area contributed by atoms with Crippen molar-refractivity contribution < 1.29 is 4.42 Å². The number of anilines is 1. The number of aromatic nitrogens is 2. The number of halogens is 1. The topological polar surface area (TPSA) is 51.0 Å². The average Bonchev–Trinajstić information content (AvgIpc) is 2.81. The number of hydrogen-bond acceptors (Lipinski definition) is 4. The molecule has 0 radical (unpaired) electrons. The van der Waals surface area contributed by atoms with E-state index in [1.54, 1.807) is 12.5 Å². The summed E-state index contributed by atoms with van der Waals surface area (Å²) >= 11 is 3.56. The number of nitrogens with one attached hydrogen (secondary N) is 1. The van der Waals surface area contributed by atoms with Gasteiger partial charge in [-0.2, -0.15) is 0 Å². The molecule has 0 spiro atoms. The van der Waals surface area contributed by atoms with Crippen molar-refractivity contribution in [3.63, 3.8) is 0 Å². The summed E-state index contributed by atoms with van der Waals surface area (Å²) in [6.45, 7) is 6.37. The largest absolute Gasteiger partial charge is 0.472 e. The van der Waals surface area contributed by atoms with Gasteiger partial charge in [0.15, 0.2) is 5.82 Å². The van der Waals surface area contributed by atoms with E-state index in [0.717, 1.165) is 21.5 Å². The minimum absolute atomic E-state index is 0.0636. The van der Waals surface area contributed by atoms with Crippen LogP contribution in [0, 0.1) is 0 Å². The summed E-state index contributed by atoms with van der Waals surface area (Å²) < 4.78 is 5.99. The van der Waals surface area contributed by atoms with E-state index < -0.39 is 0 Å². The van der Waals surface area contributed by atoms with Gasteiger partial charge in [-0.25, -0.2) is 9.97 Å². The van der Waals surface area contributed by atoms with Gasteiger partial charge in [-0.15, -0.1) is 0 Å². The smallest absolute Gasteiger partial charge is 0.165 e. The lowest BCUT2D eigenvalue weighted by Gasteiger charge is -2.21. The van der Waals surface area contributed by atoms with E-state index >= 15 is 0 Å². The van der Waals surface area contributed by atoms with E-state index in [1.807, 2.05) is 13.1 Å². The van der Waals surface area contributed by atoms with Crippen LogP contribution in [0.4, 0.5) is 5.82 Å². The molecular weight excluding hydrogens is 294 g/mol. The molecule has 18 heavy (non-hydrogen) atoms. The normalized spacial score (nSPS) is 11.6. The van der Waals surface area contributed by atoms with Gasteiger partial charge in [0, 0.05) is 12.5 Å². The van der Waals surface area contributed by atoms with E-state index in [1.165, 1.54) is 0 Å². The highest BCUT2D eigenvalue weighted by molar-refractivity contribution is 9.10. The van der Waals surface area contributed by atoms with Gasteiger partial charge in [-0.05, 0) is 22.0 Å². The highest BCUT2D eigenvalue weighted by Crippen LogP contribution is 2.34. The number of furan rings is 1. The summed E-state index contributed by atoms with van der Waals surface area (Å²) in [5, 5.41) is 3.08. The Morgan fingerprint density at radius 3 is 2.50 bits per heavy atom. The molecule has 5 heteroatoms. The average molecular weight is 310 g/mol. The minimum atomic E-state index is -0.0636. The zero-order valence-electron chi connectivity index (χ0n) is 10.9. The summed E-state index contributed by atoms with van der Waals surface area (Å²) in [6.07, 6.45) is 3.27. The summed E-state index contributed by atoms with van der Waals surface area (Å²) in [5.41, 5.74) is 1.79. The van der Waals surface area contributed by atoms with E-state index in [0.29, 0.717) is 5.82 Å². The van der Waals surface area contributed by atoms with Crippen molar-refractivity contribution in [3.8, 4) is 11.4 Å². The molecule has 0 atom stereocenters. The van der Waals surface area contributed by atoms with Crippen LogP contribution in [0.3, 0.4) is 0 Å². The van der Waals surface area contributed by atoms with Crippen molar-refractivity contribution in [2.75, 3.05) is 12.4 Å². The van der Waals surface area contributed by atoms with Crippen LogP contribution < -0.4 is 5.32 Å². The molecule has 0 aliphatic heterocycles. The lowest BCUT2D eigenvalue weighted by atomic mass is 9.91. The first kappa shape index (κ1) is 13.1. The molecule has 0 aromatic carbocycles. The van der Waals surface area contributed by atoms with Gasteiger partial charge < -0.3 is 9.73 Å². The van der Waals surface area contributed by atoms with Gasteiger partial charge >= 0.3 is 0 Å². The maximum atomic E-state index is 5.09. The van der Waals surface area contributed by atoms with Gasteiger partial charge in [-0.3, -0.25) is 0 Å². The number of hydrogen-bond donors (Lipinski definition) is 1. The SMILES string of the molecule is CNc1nc(-c2ccoc2)nc(C(C)(C)C)c1Br. The quantitative estimate of drug-likeness (QED) is 0.915. The Morgan fingerprint density at radius 2 is 2.00 bits per heavy atom. The molecule has 2 aromatic rings. The third-order valence-electron chi connectivity index (χ3n) is 2.58. The van der Waals surface area contributed by atoms with Crippen LogP contribution in [0.25, 0.3) is 11.4 Å². The van der Waals surface area contributed by atoms with Crippen molar-refractivity contribution in [3.05, 3.63) is 28.8 Å². The van der Waals surface area contributed by atoms with Crippen molar-refractivity contribution in [2.45, 2.75) is 26.2 Å². The standard InChI is InChI=1S/C13H16BrN3O/c1-13(2,3)10-9(14)12(15-4)17-11(16-10)8-5-6-18-7-8/h5-7H,1-4H3,(H,15,16,17). The Labute approximate surface area is 115 Å². The maximum Gasteiger partial charge on any atom is 0.165 e. The molecule has 96 valence electrons. The molecule has 0 saturated heterocycles. The van der Waals surface area contributed by atoms with Gasteiger partial charge in [0.1, 0.15) is 12.1 Å². The molecule has 0 fully saturated rings. The van der Waals surface area contributed by atoms with Crippen LogP contribution in [0.5, 0.6) is 0 Å². The van der Waals surface area contributed by atoms with Gasteiger partial charge in [-0.1, -0.05) is 20.8 Å². The fourth-order valence-corrected chi connectivity index (χ4v) is 2.60. The minimum Gasteiger partial charge on any atom is -0.472 e. The zero-order valence-corrected chi connectivity index (χ0v) is 12.5. The van der Waals surface area contributed by atoms with E-state index in [9.17, 15) is 0 Å². The van der Waals surface area contributed by atoms with Crippen LogP contribution in [-0.4, -0.2) is 17.0 Å². The summed E-state index contributed by atoms with van der Waals surface area (Å²) in [7, 11) is 1.85. The highest BCUT2D eigenvalue weighted by Gasteiger charge is 2.23. The Balaban J connectivity index is 2.64. The van der Waals surface area contributed by atoms with Crippen molar-refractivity contribution in [1.82, 2.24) is 9.97 Å². The molecule has 1 N–H and O–H groups in total. The second kappa shape index (κ2) is 4.72. The van der Waals surface area contributed by atoms with Crippen LogP contribution >= 0.6 is 15.9 Å². The summed E-state index contributed by atoms with van der Waals surface area (Å²) in [6, 6.07) is 1.86. The molecule has 0 aliphatic carbocycles. The molecule has 2 aromatic heterocycles. The summed E-state index contributed by atoms with van der Waals surface area (Å²) in [5.74, 6) is 1.45. The second-order valence-electron chi connectivity index (χ2n) is 5.07. The first-order valence-electron chi connectivity index (χ1n) is 5.72. The molecule has 0 saturated carbocycles. The van der Waals surface area contributed by atoms with Crippen molar-refractivity contribution in [1.29, 1.82) is 0 Å². The maximum absolute atomic E-state index is 5.09. The second-order valence-corrected chi connectivity index (χ2v) is 5.86. The Morgan fingerprint density at radius 1 is 1.28 bits per heavy atom. The monoisotopic (exact) mass is 309 g/mol. The van der Waals surface area contributed by atoms with E-state index in [2.05, 4.69) is 52.0 Å². The van der Waals surface area contributed by atoms with E-state index in [4.69, 9.17) is 4.42 Å². The first-order chi connectivity index (χ1) is 8.43. The van der Waals surface area contributed by atoms with Crippen LogP contribution in [0.2, 0.25) is 0 Å². The van der Waals surface area contributed by atoms with Crippen molar-refractivity contribution in [2.24, 2.45) is 0 Å². The van der Waals surface area contributed by atoms with Gasteiger partial charge in [0.25, 0.3) is 0 Å². The molecule has 0 amide bonds. The number of nitrogens with zero attached hydrogens (tertiary/aromatic N) is 2. The molecule has 2 rings (SSSR count). The highest BCUT2D eigenvalue weighted by atomic mass is 79.9. The predicted molar refractivity (Wildman–Crippen MR) is 75.7 cm³/mol. The Kier molecular flexibility index (Phi) is 3.43. The van der Waals surface area contributed by atoms with Gasteiger partial charge in [0.2, 0.25) is 0 Å². The lowest BCUT2D eigenvalue weighted by Crippen LogP contribution is -2.17.